The van der Waals surface area contributed by atoms with Crippen molar-refractivity contribution in [3.8, 4) is 0 Å². The van der Waals surface area contributed by atoms with Gasteiger partial charge >= 0.3 is 0 Å². The third-order valence-electron chi connectivity index (χ3n) is 2.96. The van der Waals surface area contributed by atoms with E-state index in [1.807, 2.05) is 0 Å². The van der Waals surface area contributed by atoms with Gasteiger partial charge in [-0.25, -0.2) is 4.39 Å². The molecular weight excluding hydrogens is 273 g/mol. The summed E-state index contributed by atoms with van der Waals surface area (Å²) in [5.41, 5.74) is 1.81. The Labute approximate surface area is 103 Å². The van der Waals surface area contributed by atoms with Crippen LogP contribution in [0.5, 0.6) is 0 Å². The molecule has 2 nitrogen and oxygen atoms in total. The number of nitrogens with zero attached hydrogens (tertiary/aromatic N) is 1. The summed E-state index contributed by atoms with van der Waals surface area (Å²) in [5, 5.41) is 0.860. The number of halogens is 2. The molecule has 0 aromatic heterocycles. The zero-order valence-electron chi connectivity index (χ0n) is 9.04. The summed E-state index contributed by atoms with van der Waals surface area (Å²) in [4.78, 5) is 13.2. The second-order valence-corrected chi connectivity index (χ2v) is 4.80. The maximum absolute atomic E-state index is 13.2. The first-order valence-electron chi connectivity index (χ1n) is 5.27. The summed E-state index contributed by atoms with van der Waals surface area (Å²) in [6.07, 6.45) is 0.917. The van der Waals surface area contributed by atoms with Crippen LogP contribution in [0.25, 0.3) is 0 Å². The Morgan fingerprint density at radius 1 is 1.62 bits per heavy atom. The minimum atomic E-state index is -0.233. The van der Waals surface area contributed by atoms with Crippen LogP contribution in [0.4, 0.5) is 10.1 Å². The molecule has 1 aliphatic rings. The third kappa shape index (κ3) is 1.98. The van der Waals surface area contributed by atoms with Crippen molar-refractivity contribution in [1.29, 1.82) is 0 Å². The van der Waals surface area contributed by atoms with Crippen molar-refractivity contribution in [2.24, 2.45) is 0 Å². The minimum absolute atomic E-state index is 0.0185. The first-order valence-corrected chi connectivity index (χ1v) is 6.39. The Kier molecular flexibility index (Phi) is 3.28. The van der Waals surface area contributed by atoms with Crippen LogP contribution in [-0.2, 0) is 4.79 Å². The number of fused-ring (bicyclic) bond motifs is 1. The van der Waals surface area contributed by atoms with Gasteiger partial charge in [0.05, 0.1) is 0 Å². The third-order valence-corrected chi connectivity index (χ3v) is 3.42. The summed E-state index contributed by atoms with van der Waals surface area (Å²) in [5.74, 6) is 0.0302. The highest BCUT2D eigenvalue weighted by Crippen LogP contribution is 2.38. The minimum Gasteiger partial charge on any atom is -0.312 e. The van der Waals surface area contributed by atoms with Crippen LogP contribution < -0.4 is 4.90 Å². The lowest BCUT2D eigenvalue weighted by atomic mass is 9.99. The van der Waals surface area contributed by atoms with Crippen molar-refractivity contribution in [1.82, 2.24) is 0 Å². The van der Waals surface area contributed by atoms with Crippen molar-refractivity contribution in [3.63, 3.8) is 0 Å². The molecule has 86 valence electrons. The molecule has 0 radical (unpaired) electrons. The van der Waals surface area contributed by atoms with Crippen molar-refractivity contribution < 1.29 is 9.18 Å². The van der Waals surface area contributed by atoms with Crippen molar-refractivity contribution in [2.75, 3.05) is 16.8 Å². The van der Waals surface area contributed by atoms with Crippen LogP contribution in [0.1, 0.15) is 24.8 Å². The van der Waals surface area contributed by atoms with E-state index in [0.717, 1.165) is 23.0 Å². The van der Waals surface area contributed by atoms with E-state index in [0.29, 0.717) is 6.54 Å². The summed E-state index contributed by atoms with van der Waals surface area (Å²) in [7, 11) is 0. The molecule has 1 amide bonds. The zero-order chi connectivity index (χ0) is 11.7. The van der Waals surface area contributed by atoms with E-state index in [1.54, 1.807) is 24.0 Å². The van der Waals surface area contributed by atoms with Crippen molar-refractivity contribution >= 4 is 27.5 Å². The summed E-state index contributed by atoms with van der Waals surface area (Å²) in [6.45, 7) is 2.21. The summed E-state index contributed by atoms with van der Waals surface area (Å²) >= 11 is 3.39. The Balaban J connectivity index is 2.40. The van der Waals surface area contributed by atoms with Gasteiger partial charge in [-0.2, -0.15) is 0 Å². The van der Waals surface area contributed by atoms with Gasteiger partial charge in [0.15, 0.2) is 0 Å². The number of hydrogen-bond acceptors (Lipinski definition) is 1. The average molecular weight is 286 g/mol. The molecule has 2 rings (SSSR count). The smallest absolute Gasteiger partial charge is 0.223 e. The fourth-order valence-electron chi connectivity index (χ4n) is 2.19. The van der Waals surface area contributed by atoms with Crippen LogP contribution in [0, 0.1) is 5.82 Å². The van der Waals surface area contributed by atoms with E-state index in [9.17, 15) is 9.18 Å². The lowest BCUT2D eigenvalue weighted by Gasteiger charge is -2.14. The molecule has 1 atom stereocenters. The first kappa shape index (κ1) is 11.6. The molecule has 0 bridgehead atoms. The first-order chi connectivity index (χ1) is 7.63. The second kappa shape index (κ2) is 4.53. The van der Waals surface area contributed by atoms with Crippen LogP contribution in [0.3, 0.4) is 0 Å². The SMILES string of the molecule is CC(=O)N1CC(CCBr)c2cc(F)ccc21. The van der Waals surface area contributed by atoms with E-state index in [2.05, 4.69) is 15.9 Å². The molecule has 1 unspecified atom stereocenters. The van der Waals surface area contributed by atoms with Gasteiger partial charge in [-0.15, -0.1) is 0 Å². The molecule has 16 heavy (non-hydrogen) atoms. The van der Waals surface area contributed by atoms with Gasteiger partial charge in [-0.3, -0.25) is 4.79 Å². The van der Waals surface area contributed by atoms with Crippen LogP contribution >= 0.6 is 15.9 Å². The summed E-state index contributed by atoms with van der Waals surface area (Å²) < 4.78 is 13.2. The quantitative estimate of drug-likeness (QED) is 0.765. The lowest BCUT2D eigenvalue weighted by molar-refractivity contribution is -0.116. The number of rotatable bonds is 2. The van der Waals surface area contributed by atoms with Gasteiger partial charge in [0.2, 0.25) is 5.91 Å². The molecular formula is C12H13BrFNO. The number of carbonyl (C=O) groups is 1. The molecule has 1 heterocycles. The van der Waals surface area contributed by atoms with Gasteiger partial charge < -0.3 is 4.90 Å². The maximum atomic E-state index is 13.2. The van der Waals surface area contributed by atoms with Crippen LogP contribution in [-0.4, -0.2) is 17.8 Å². The Morgan fingerprint density at radius 3 is 3.00 bits per heavy atom. The van der Waals surface area contributed by atoms with Crippen molar-refractivity contribution in [2.45, 2.75) is 19.3 Å². The Bertz CT molecular complexity index is 421. The molecule has 0 saturated heterocycles. The maximum Gasteiger partial charge on any atom is 0.223 e. The molecule has 0 fully saturated rings. The highest BCUT2D eigenvalue weighted by Gasteiger charge is 2.30. The monoisotopic (exact) mass is 285 g/mol. The fourth-order valence-corrected chi connectivity index (χ4v) is 2.74. The van der Waals surface area contributed by atoms with Crippen LogP contribution in [0.15, 0.2) is 18.2 Å². The molecule has 1 aromatic carbocycles. The van der Waals surface area contributed by atoms with Crippen LogP contribution in [0.2, 0.25) is 0 Å². The zero-order valence-corrected chi connectivity index (χ0v) is 10.6. The standard InChI is InChI=1S/C12H13BrFNO/c1-8(16)15-7-9(4-5-13)11-6-10(14)2-3-12(11)15/h2-3,6,9H,4-5,7H2,1H3. The highest BCUT2D eigenvalue weighted by atomic mass is 79.9. The second-order valence-electron chi connectivity index (χ2n) is 4.01. The van der Waals surface area contributed by atoms with Gasteiger partial charge in [0.25, 0.3) is 0 Å². The van der Waals surface area contributed by atoms with Gasteiger partial charge in [0.1, 0.15) is 5.82 Å². The fraction of sp³-hybridized carbons (Fsp3) is 0.417. The van der Waals surface area contributed by atoms with Gasteiger partial charge in [-0.05, 0) is 30.2 Å². The topological polar surface area (TPSA) is 20.3 Å². The van der Waals surface area contributed by atoms with E-state index < -0.39 is 0 Å². The van der Waals surface area contributed by atoms with E-state index in [1.165, 1.54) is 6.07 Å². The number of carbonyl (C=O) groups excluding carboxylic acids is 1. The Hall–Kier alpha value is -0.900. The number of amides is 1. The van der Waals surface area contributed by atoms with Gasteiger partial charge in [0, 0.05) is 30.4 Å². The number of alkyl halides is 1. The molecule has 0 spiro atoms. The van der Waals surface area contributed by atoms with E-state index in [-0.39, 0.29) is 17.6 Å². The molecule has 0 saturated carbocycles. The average Bonchev–Trinajstić information content (AvgIpc) is 2.58. The molecule has 0 aliphatic carbocycles. The van der Waals surface area contributed by atoms with E-state index in [4.69, 9.17) is 0 Å². The molecule has 0 N–H and O–H groups in total. The highest BCUT2D eigenvalue weighted by molar-refractivity contribution is 9.09. The van der Waals surface area contributed by atoms with Crippen molar-refractivity contribution in [3.05, 3.63) is 29.6 Å². The predicted octanol–water partition coefficient (Wildman–Crippen LogP) is 3.06. The largest absolute Gasteiger partial charge is 0.312 e. The molecule has 1 aromatic rings. The molecule has 1 aliphatic heterocycles. The number of anilines is 1. The van der Waals surface area contributed by atoms with E-state index >= 15 is 0 Å². The number of benzene rings is 1. The molecule has 4 heteroatoms. The number of hydrogen-bond donors (Lipinski definition) is 0. The summed E-state index contributed by atoms with van der Waals surface area (Å²) in [6, 6.07) is 4.65. The normalized spacial score (nSPS) is 18.7. The lowest BCUT2D eigenvalue weighted by Crippen LogP contribution is -2.27. The predicted molar refractivity (Wildman–Crippen MR) is 65.6 cm³/mol. The van der Waals surface area contributed by atoms with Gasteiger partial charge in [-0.1, -0.05) is 15.9 Å². The Morgan fingerprint density at radius 2 is 2.38 bits per heavy atom.